The van der Waals surface area contributed by atoms with Gasteiger partial charge in [-0.3, -0.25) is 56.9 Å². The highest BCUT2D eigenvalue weighted by Gasteiger charge is 2.41. The Morgan fingerprint density at radius 3 is 1.09 bits per heavy atom. The minimum Gasteiger partial charge on any atom is -0.394 e. The number of carbonyl (C=O) groups excluding carboxylic acids is 6. The molecule has 5 aromatic carbocycles. The molecule has 732 valence electrons. The van der Waals surface area contributed by atoms with Gasteiger partial charge < -0.3 is 34.5 Å². The molecule has 1 aliphatic carbocycles. The number of benzene rings is 5. The van der Waals surface area contributed by atoms with Crippen LogP contribution in [-0.4, -0.2) is 220 Å². The zero-order chi connectivity index (χ0) is 102. The molecule has 0 aliphatic heterocycles. The van der Waals surface area contributed by atoms with Crippen LogP contribution in [0.1, 0.15) is 139 Å². The lowest BCUT2D eigenvalue weighted by Gasteiger charge is -2.15. The largest absolute Gasteiger partial charge is 0.435 e. The number of rotatable bonds is 18. The van der Waals surface area contributed by atoms with Crippen LogP contribution in [-0.2, 0) is 70.8 Å². The fourth-order valence-corrected chi connectivity index (χ4v) is 15.4. The van der Waals surface area contributed by atoms with Gasteiger partial charge in [0.2, 0.25) is 0 Å². The number of aliphatic hydroxyl groups is 1. The Hall–Kier alpha value is -13.7. The number of thiophene rings is 2. The van der Waals surface area contributed by atoms with Crippen LogP contribution < -0.4 is 0 Å². The maximum Gasteiger partial charge on any atom is 0.435 e. The highest BCUT2D eigenvalue weighted by molar-refractivity contribution is 7.17. The summed E-state index contributed by atoms with van der Waals surface area (Å²) in [6, 6.07) is 47.2. The standard InChI is InChI=1S/C18H16F3N3OS.C18H20F3N3O.C15H16F3N3O2.2C14H14F3N3O.C13H14F3N3OS/c1-23(2)17(25)15-9-8-14(26-15)13-10-16(18(19,20)21)22-24(13)11-12-6-4-3-5-7-12;1-23(2)17(25)13-9-7-12(8-10-13)15-11-16(18(19,20)21)22-24(15)14-5-3-4-6-14;1-20(2)14(23)11-5-3-10(4-6-11)12-9-13(15(16,17)18)19-21(12)7-8-22;1-19(2)13(21)10-6-4-9(5-7-10)11-8-12(14(15,16)17)18-20(11)3;1-19(2)13(21)10-6-4-9(5-7-10)11-8-12(14(15,16)17)20(3)18-11;1-4-19-11(13(14,15)16)7-8(17-19)9-5-6-10(21-9)12(20)18(2)3/h3-10H,11H2,1-2H3;7-11,14H,3-6H2,1-2H3;3-6,9,22H,7-8H2,1-2H3;2*4-8H,1-3H3;5-7H,4H2,1-3H3. The minimum atomic E-state index is -4.56. The summed E-state index contributed by atoms with van der Waals surface area (Å²) < 4.78 is 239. The predicted molar refractivity (Wildman–Crippen MR) is 478 cm³/mol. The van der Waals surface area contributed by atoms with E-state index in [-0.39, 0.29) is 84.8 Å². The van der Waals surface area contributed by atoms with Crippen molar-refractivity contribution in [3.8, 4) is 66.2 Å². The van der Waals surface area contributed by atoms with Crippen molar-refractivity contribution in [1.29, 1.82) is 0 Å². The predicted octanol–water partition coefficient (Wildman–Crippen LogP) is 20.0. The van der Waals surface area contributed by atoms with Gasteiger partial charge in [-0.15, -0.1) is 22.7 Å². The van der Waals surface area contributed by atoms with Crippen LogP contribution in [0.2, 0.25) is 0 Å². The molecule has 8 aromatic heterocycles. The van der Waals surface area contributed by atoms with Crippen molar-refractivity contribution < 1.29 is 113 Å². The molecule has 1 fully saturated rings. The number of carbonyl (C=O) groups is 6. The molecule has 0 unspecified atom stereocenters. The summed E-state index contributed by atoms with van der Waals surface area (Å²) in [4.78, 5) is 81.8. The molecular weight excluding hydrogens is 1880 g/mol. The molecule has 1 saturated carbocycles. The first-order valence-corrected chi connectivity index (χ1v) is 42.9. The summed E-state index contributed by atoms with van der Waals surface area (Å²) in [7, 11) is 22.2. The first-order chi connectivity index (χ1) is 63.9. The summed E-state index contributed by atoms with van der Waals surface area (Å²) in [5.41, 5.74) is 1.34. The van der Waals surface area contributed by atoms with Crippen LogP contribution in [0, 0.1) is 0 Å². The monoisotopic (exact) mass is 1970 g/mol. The van der Waals surface area contributed by atoms with Gasteiger partial charge in [0.25, 0.3) is 35.4 Å². The number of aromatic nitrogens is 12. The number of amides is 6. The van der Waals surface area contributed by atoms with Crippen LogP contribution in [0.3, 0.4) is 0 Å². The van der Waals surface area contributed by atoms with E-state index >= 15 is 0 Å². The molecule has 1 N–H and O–H groups in total. The third-order valence-corrected chi connectivity index (χ3v) is 22.5. The van der Waals surface area contributed by atoms with Crippen molar-refractivity contribution in [2.45, 2.75) is 95.3 Å². The van der Waals surface area contributed by atoms with Gasteiger partial charge in [0.1, 0.15) is 17.1 Å². The molecule has 0 atom stereocenters. The van der Waals surface area contributed by atoms with Crippen LogP contribution in [0.4, 0.5) is 79.0 Å². The Morgan fingerprint density at radius 2 is 0.708 bits per heavy atom. The van der Waals surface area contributed by atoms with Gasteiger partial charge in [-0.1, -0.05) is 91.7 Å². The van der Waals surface area contributed by atoms with E-state index in [0.29, 0.717) is 81.1 Å². The molecule has 0 spiro atoms. The Morgan fingerprint density at radius 1 is 0.350 bits per heavy atom. The number of halogens is 18. The second-order valence-corrected chi connectivity index (χ2v) is 34.0. The van der Waals surface area contributed by atoms with E-state index in [4.69, 9.17) is 5.11 Å². The quantitative estimate of drug-likeness (QED) is 0.0786. The van der Waals surface area contributed by atoms with Crippen molar-refractivity contribution >= 4 is 58.1 Å². The van der Waals surface area contributed by atoms with Crippen LogP contribution in [0.15, 0.2) is 188 Å². The normalized spacial score (nSPS) is 12.3. The summed E-state index contributed by atoms with van der Waals surface area (Å²) in [5.74, 6) is -1.05. The molecule has 14 rings (SSSR count). The Balaban J connectivity index is 0.000000185. The lowest BCUT2D eigenvalue weighted by Crippen LogP contribution is -2.21. The molecule has 45 heteroatoms. The van der Waals surface area contributed by atoms with Crippen LogP contribution in [0.25, 0.3) is 66.2 Å². The van der Waals surface area contributed by atoms with Crippen molar-refractivity contribution in [2.75, 3.05) is 91.2 Å². The Kier molecular flexibility index (Phi) is 34.7. The maximum absolute atomic E-state index is 13.1. The van der Waals surface area contributed by atoms with E-state index < -0.39 is 71.2 Å². The van der Waals surface area contributed by atoms with Crippen molar-refractivity contribution in [3.63, 3.8) is 0 Å². The van der Waals surface area contributed by atoms with Crippen molar-refractivity contribution in [3.05, 3.63) is 260 Å². The highest BCUT2D eigenvalue weighted by atomic mass is 32.1. The van der Waals surface area contributed by atoms with E-state index in [1.165, 1.54) is 57.5 Å². The number of alkyl halides is 18. The second-order valence-electron chi connectivity index (χ2n) is 31.8. The van der Waals surface area contributed by atoms with Gasteiger partial charge in [-0.25, -0.2) is 0 Å². The third-order valence-electron chi connectivity index (χ3n) is 20.3. The fraction of sp³-hybridized carbons (Fsp3) is 0.326. The zero-order valence-corrected chi connectivity index (χ0v) is 77.8. The molecule has 0 saturated heterocycles. The van der Waals surface area contributed by atoms with Gasteiger partial charge in [-0.2, -0.15) is 110 Å². The number of aryl methyl sites for hydroxylation is 3. The fourth-order valence-electron chi connectivity index (χ4n) is 13.4. The first-order valence-electron chi connectivity index (χ1n) is 41.3. The van der Waals surface area contributed by atoms with Gasteiger partial charge in [0.15, 0.2) is 22.8 Å². The lowest BCUT2D eigenvalue weighted by atomic mass is 10.1. The summed E-state index contributed by atoms with van der Waals surface area (Å²) in [6.45, 7) is 1.55. The van der Waals surface area contributed by atoms with E-state index in [2.05, 4.69) is 30.6 Å². The number of aliphatic hydroxyl groups excluding tert-OH is 1. The van der Waals surface area contributed by atoms with Crippen LogP contribution >= 0.6 is 22.7 Å². The van der Waals surface area contributed by atoms with E-state index in [9.17, 15) is 108 Å². The smallest absolute Gasteiger partial charge is 0.394 e. The number of nitrogens with zero attached hydrogens (tertiary/aromatic N) is 18. The highest BCUT2D eigenvalue weighted by Crippen LogP contribution is 2.42. The molecule has 0 radical (unpaired) electrons. The molecule has 8 heterocycles. The second kappa shape index (κ2) is 44.4. The SMILES string of the molecule is CCn1nc(-c2ccc(C(=O)N(C)C)s2)cc1C(F)(F)F.CN(C)C(=O)c1ccc(-c2cc(C(F)(F)F)n(C)n2)cc1.CN(C)C(=O)c1ccc(-c2cc(C(F)(F)F)nn2C)cc1.CN(C)C(=O)c1ccc(-c2cc(C(F)(F)F)nn2C2CCCC2)cc1.CN(C)C(=O)c1ccc(-c2cc(C(F)(F)F)nn2CCO)cc1.CN(C)C(=O)c1ccc(-c2cc(C(F)(F)F)nn2Cc2ccccc2)s1. The van der Waals surface area contributed by atoms with Gasteiger partial charge in [0, 0.05) is 133 Å². The Bertz CT molecular complexity index is 6280. The molecule has 0 bridgehead atoms. The lowest BCUT2D eigenvalue weighted by molar-refractivity contribution is -0.144. The van der Waals surface area contributed by atoms with E-state index in [0.717, 1.165) is 104 Å². The van der Waals surface area contributed by atoms with Crippen LogP contribution in [0.5, 0.6) is 0 Å². The van der Waals surface area contributed by atoms with Crippen molar-refractivity contribution in [1.82, 2.24) is 88.1 Å². The topological polar surface area (TPSA) is 249 Å². The Labute approximate surface area is 782 Å². The molecule has 25 nitrogen and oxygen atoms in total. The summed E-state index contributed by atoms with van der Waals surface area (Å²) in [6.07, 6.45) is -23.3. The zero-order valence-electron chi connectivity index (χ0n) is 76.2. The van der Waals surface area contributed by atoms with E-state index in [1.54, 1.807) is 213 Å². The number of hydrogen-bond donors (Lipinski definition) is 1. The average Bonchev–Trinajstić information content (AvgIpc) is 1.63. The average molecular weight is 1970 g/mol. The number of hydrogen-bond acceptors (Lipinski definition) is 15. The van der Waals surface area contributed by atoms with E-state index in [1.807, 2.05) is 30.3 Å². The maximum atomic E-state index is 13.1. The molecule has 137 heavy (non-hydrogen) atoms. The van der Waals surface area contributed by atoms with Crippen molar-refractivity contribution in [2.24, 2.45) is 14.1 Å². The van der Waals surface area contributed by atoms with Gasteiger partial charge in [0.05, 0.1) is 73.7 Å². The summed E-state index contributed by atoms with van der Waals surface area (Å²) >= 11 is 2.28. The molecule has 1 aliphatic rings. The first kappa shape index (κ1) is 107. The summed E-state index contributed by atoms with van der Waals surface area (Å²) in [5, 5.41) is 31.4. The molecular formula is C92H94F18N18O7S2. The molecule has 6 amide bonds. The minimum absolute atomic E-state index is 0.00539. The van der Waals surface area contributed by atoms with Gasteiger partial charge in [-0.05, 0) is 151 Å². The van der Waals surface area contributed by atoms with Gasteiger partial charge >= 0.3 is 37.1 Å². The third kappa shape index (κ3) is 27.8. The molecule has 13 aromatic rings.